The van der Waals surface area contributed by atoms with Gasteiger partial charge in [0.2, 0.25) is 5.91 Å². The number of carbonyl (C=O) groups excluding carboxylic acids is 2. The predicted octanol–water partition coefficient (Wildman–Crippen LogP) is 0.559. The Labute approximate surface area is 140 Å². The third-order valence-corrected chi connectivity index (χ3v) is 5.51. The summed E-state index contributed by atoms with van der Waals surface area (Å²) in [5.41, 5.74) is 5.63. The van der Waals surface area contributed by atoms with Crippen LogP contribution >= 0.6 is 0 Å². The molecule has 24 heavy (non-hydrogen) atoms. The van der Waals surface area contributed by atoms with Crippen molar-refractivity contribution in [3.05, 3.63) is 23.7 Å². The highest BCUT2D eigenvalue weighted by Crippen LogP contribution is 2.42. The normalized spacial score (nSPS) is 28.2. The molecule has 1 unspecified atom stereocenters. The average molecular weight is 333 g/mol. The zero-order chi connectivity index (χ0) is 16.7. The fourth-order valence-corrected chi connectivity index (χ4v) is 3.82. The topological polar surface area (TPSA) is 89.0 Å². The van der Waals surface area contributed by atoms with Gasteiger partial charge in [0.25, 0.3) is 5.91 Å². The van der Waals surface area contributed by atoms with Gasteiger partial charge < -0.3 is 19.8 Å². The van der Waals surface area contributed by atoms with Gasteiger partial charge in [-0.05, 0) is 18.9 Å². The van der Waals surface area contributed by atoms with Gasteiger partial charge in [-0.1, -0.05) is 0 Å². The highest BCUT2D eigenvalue weighted by Gasteiger charge is 2.47. The molecule has 2 saturated heterocycles. The molecule has 3 fully saturated rings. The van der Waals surface area contributed by atoms with Crippen LogP contribution in [0, 0.1) is 0 Å². The van der Waals surface area contributed by atoms with E-state index in [0.29, 0.717) is 57.3 Å². The molecule has 1 aromatic rings. The van der Waals surface area contributed by atoms with E-state index in [2.05, 4.69) is 4.90 Å². The summed E-state index contributed by atoms with van der Waals surface area (Å²) in [5.74, 6) is 0.945. The molecule has 1 aliphatic carbocycles. The van der Waals surface area contributed by atoms with Gasteiger partial charge in [-0.3, -0.25) is 14.5 Å². The Morgan fingerprint density at radius 1 is 1.21 bits per heavy atom. The summed E-state index contributed by atoms with van der Waals surface area (Å²) >= 11 is 0. The minimum Gasteiger partial charge on any atom is -0.468 e. The number of piperazine rings is 1. The van der Waals surface area contributed by atoms with Gasteiger partial charge in [0.05, 0.1) is 18.4 Å². The molecule has 3 heterocycles. The molecule has 7 nitrogen and oxygen atoms in total. The maximum absolute atomic E-state index is 12.8. The minimum atomic E-state index is -0.704. The molecule has 0 spiro atoms. The number of carbonyl (C=O) groups is 2. The maximum atomic E-state index is 12.8. The lowest BCUT2D eigenvalue weighted by Crippen LogP contribution is -2.63. The summed E-state index contributed by atoms with van der Waals surface area (Å²) in [7, 11) is 0. The maximum Gasteiger partial charge on any atom is 0.257 e. The van der Waals surface area contributed by atoms with Gasteiger partial charge in [0.1, 0.15) is 11.3 Å². The van der Waals surface area contributed by atoms with Crippen molar-refractivity contribution in [1.29, 1.82) is 0 Å². The molecule has 3 aliphatic rings. The monoisotopic (exact) mass is 333 g/mol. The highest BCUT2D eigenvalue weighted by molar-refractivity contribution is 5.95. The second kappa shape index (κ2) is 5.89. The van der Waals surface area contributed by atoms with Gasteiger partial charge in [-0.25, -0.2) is 0 Å². The fraction of sp³-hybridized carbons (Fsp3) is 0.647. The van der Waals surface area contributed by atoms with Crippen molar-refractivity contribution >= 4 is 11.8 Å². The first-order valence-corrected chi connectivity index (χ1v) is 8.61. The molecule has 0 aromatic carbocycles. The Kier molecular flexibility index (Phi) is 3.85. The van der Waals surface area contributed by atoms with Crippen LogP contribution in [0.25, 0.3) is 0 Å². The summed E-state index contributed by atoms with van der Waals surface area (Å²) in [6.45, 7) is 3.35. The standard InChI is InChI=1S/C17H23N3O4/c18-16(22)17(4-10-23-11-17)20-7-5-19(6-8-20)15(21)13-3-9-24-14(13)12-1-2-12/h3,9,12H,1-2,4-8,10-11H2,(H2,18,22). The molecule has 2 N–H and O–H groups in total. The van der Waals surface area contributed by atoms with Crippen molar-refractivity contribution in [2.75, 3.05) is 39.4 Å². The molecule has 4 rings (SSSR count). The Morgan fingerprint density at radius 3 is 2.54 bits per heavy atom. The first-order valence-electron chi connectivity index (χ1n) is 8.61. The Balaban J connectivity index is 1.43. The van der Waals surface area contributed by atoms with E-state index in [9.17, 15) is 9.59 Å². The SMILES string of the molecule is NC(=O)C1(N2CCN(C(=O)c3ccoc3C3CC3)CC2)CCOC1. The van der Waals surface area contributed by atoms with Crippen molar-refractivity contribution in [2.24, 2.45) is 5.73 Å². The van der Waals surface area contributed by atoms with E-state index >= 15 is 0 Å². The predicted molar refractivity (Wildman–Crippen MR) is 85.5 cm³/mol. The van der Waals surface area contributed by atoms with E-state index in [1.807, 2.05) is 4.90 Å². The van der Waals surface area contributed by atoms with Crippen LogP contribution in [0.15, 0.2) is 16.7 Å². The van der Waals surface area contributed by atoms with E-state index in [4.69, 9.17) is 14.9 Å². The quantitative estimate of drug-likeness (QED) is 0.870. The summed E-state index contributed by atoms with van der Waals surface area (Å²) in [5, 5.41) is 0. The lowest BCUT2D eigenvalue weighted by atomic mass is 9.94. The number of hydrogen-bond acceptors (Lipinski definition) is 5. The van der Waals surface area contributed by atoms with Crippen LogP contribution in [0.3, 0.4) is 0 Å². The molecular weight excluding hydrogens is 310 g/mol. The zero-order valence-electron chi connectivity index (χ0n) is 13.7. The van der Waals surface area contributed by atoms with Gasteiger partial charge in [-0.15, -0.1) is 0 Å². The number of nitrogens with zero attached hydrogens (tertiary/aromatic N) is 2. The number of nitrogens with two attached hydrogens (primary N) is 1. The summed E-state index contributed by atoms with van der Waals surface area (Å²) in [4.78, 5) is 28.7. The second-order valence-corrected chi connectivity index (χ2v) is 6.95. The van der Waals surface area contributed by atoms with Crippen molar-refractivity contribution in [2.45, 2.75) is 30.7 Å². The molecule has 2 amide bonds. The molecule has 1 atom stereocenters. The van der Waals surface area contributed by atoms with Crippen LogP contribution in [0.4, 0.5) is 0 Å². The second-order valence-electron chi connectivity index (χ2n) is 6.95. The molecule has 0 bridgehead atoms. The Bertz CT molecular complexity index is 638. The smallest absolute Gasteiger partial charge is 0.257 e. The Hall–Kier alpha value is -1.86. The number of ether oxygens (including phenoxy) is 1. The number of amides is 2. The number of furan rings is 1. The Morgan fingerprint density at radius 2 is 1.96 bits per heavy atom. The van der Waals surface area contributed by atoms with E-state index in [-0.39, 0.29) is 11.8 Å². The molecule has 1 saturated carbocycles. The summed E-state index contributed by atoms with van der Waals surface area (Å²) in [6, 6.07) is 1.78. The number of rotatable bonds is 4. The van der Waals surface area contributed by atoms with Crippen molar-refractivity contribution in [1.82, 2.24) is 9.80 Å². The molecule has 2 aliphatic heterocycles. The fourth-order valence-electron chi connectivity index (χ4n) is 3.82. The third-order valence-electron chi connectivity index (χ3n) is 5.51. The van der Waals surface area contributed by atoms with E-state index in [1.54, 1.807) is 12.3 Å². The van der Waals surface area contributed by atoms with Crippen molar-refractivity contribution in [3.63, 3.8) is 0 Å². The van der Waals surface area contributed by atoms with Gasteiger partial charge in [-0.2, -0.15) is 0 Å². The van der Waals surface area contributed by atoms with E-state index in [1.165, 1.54) is 0 Å². The number of primary amides is 1. The van der Waals surface area contributed by atoms with Crippen LogP contribution in [0.5, 0.6) is 0 Å². The van der Waals surface area contributed by atoms with Gasteiger partial charge >= 0.3 is 0 Å². The molecule has 0 radical (unpaired) electrons. The lowest BCUT2D eigenvalue weighted by molar-refractivity contribution is -0.131. The third kappa shape index (κ3) is 2.52. The highest BCUT2D eigenvalue weighted by atomic mass is 16.5. The van der Waals surface area contributed by atoms with E-state index in [0.717, 1.165) is 18.6 Å². The van der Waals surface area contributed by atoms with Crippen LogP contribution in [-0.4, -0.2) is 66.5 Å². The van der Waals surface area contributed by atoms with Crippen LogP contribution in [-0.2, 0) is 9.53 Å². The molecular formula is C17H23N3O4. The van der Waals surface area contributed by atoms with Crippen molar-refractivity contribution < 1.29 is 18.7 Å². The van der Waals surface area contributed by atoms with Crippen LogP contribution < -0.4 is 5.73 Å². The van der Waals surface area contributed by atoms with Crippen LogP contribution in [0.1, 0.15) is 41.3 Å². The van der Waals surface area contributed by atoms with Gasteiger partial charge in [0.15, 0.2) is 0 Å². The summed E-state index contributed by atoms with van der Waals surface area (Å²) < 4.78 is 10.9. The zero-order valence-corrected chi connectivity index (χ0v) is 13.7. The molecule has 1 aromatic heterocycles. The molecule has 7 heteroatoms. The van der Waals surface area contributed by atoms with E-state index < -0.39 is 5.54 Å². The average Bonchev–Trinajstić information content (AvgIpc) is 3.13. The number of hydrogen-bond donors (Lipinski definition) is 1. The first-order chi connectivity index (χ1) is 11.6. The summed E-state index contributed by atoms with van der Waals surface area (Å²) in [6.07, 6.45) is 4.43. The van der Waals surface area contributed by atoms with Crippen molar-refractivity contribution in [3.8, 4) is 0 Å². The largest absolute Gasteiger partial charge is 0.468 e. The lowest BCUT2D eigenvalue weighted by Gasteiger charge is -2.43. The first kappa shape index (κ1) is 15.7. The van der Waals surface area contributed by atoms with Crippen LogP contribution in [0.2, 0.25) is 0 Å². The molecule has 130 valence electrons. The minimum absolute atomic E-state index is 0.0288. The van der Waals surface area contributed by atoms with Gasteiger partial charge in [0, 0.05) is 45.1 Å².